The summed E-state index contributed by atoms with van der Waals surface area (Å²) in [6.07, 6.45) is 2.62. The van der Waals surface area contributed by atoms with Crippen molar-refractivity contribution in [2.75, 3.05) is 7.05 Å². The number of halogens is 1. The number of hydrogen-bond donors (Lipinski definition) is 1. The fourth-order valence-electron chi connectivity index (χ4n) is 1.55. The normalized spacial score (nSPS) is 12.6. The van der Waals surface area contributed by atoms with Gasteiger partial charge in [0.05, 0.1) is 17.6 Å². The lowest BCUT2D eigenvalue weighted by atomic mass is 10.2. The largest absolute Gasteiger partial charge is 0.317 e. The molecule has 0 aliphatic carbocycles. The summed E-state index contributed by atoms with van der Waals surface area (Å²) < 4.78 is 14.6. The van der Waals surface area contributed by atoms with Crippen molar-refractivity contribution >= 4 is 0 Å². The Morgan fingerprint density at radius 1 is 1.47 bits per heavy atom. The zero-order chi connectivity index (χ0) is 12.3. The zero-order valence-corrected chi connectivity index (χ0v) is 9.89. The third-order valence-electron chi connectivity index (χ3n) is 2.62. The van der Waals surface area contributed by atoms with E-state index in [-0.39, 0.29) is 5.82 Å². The van der Waals surface area contributed by atoms with Gasteiger partial charge in [0.2, 0.25) is 0 Å². The van der Waals surface area contributed by atoms with Gasteiger partial charge in [-0.15, -0.1) is 5.10 Å². The van der Waals surface area contributed by atoms with E-state index >= 15 is 0 Å². The number of hydrogen-bond acceptors (Lipinski definition) is 3. The van der Waals surface area contributed by atoms with Crippen LogP contribution in [0.15, 0.2) is 30.5 Å². The minimum Gasteiger partial charge on any atom is -0.317 e. The Kier molecular flexibility index (Phi) is 3.49. The molecule has 5 heteroatoms. The van der Waals surface area contributed by atoms with Crippen molar-refractivity contribution in [3.05, 3.63) is 42.0 Å². The molecule has 2 rings (SSSR count). The lowest BCUT2D eigenvalue weighted by molar-refractivity contribution is 0.599. The molecule has 0 fully saturated rings. The standard InChI is InChI=1S/C12H15FN4/c1-9(14-2)6-11-8-17(16-15-11)12-5-3-4-10(13)7-12/h3-5,7-9,14H,6H2,1-2H3. The van der Waals surface area contributed by atoms with Gasteiger partial charge >= 0.3 is 0 Å². The van der Waals surface area contributed by atoms with E-state index in [1.807, 2.05) is 13.2 Å². The van der Waals surface area contributed by atoms with Crippen LogP contribution in [0.1, 0.15) is 12.6 Å². The smallest absolute Gasteiger partial charge is 0.125 e. The van der Waals surface area contributed by atoms with Gasteiger partial charge in [0, 0.05) is 12.5 Å². The van der Waals surface area contributed by atoms with Gasteiger partial charge in [-0.1, -0.05) is 11.3 Å². The Bertz CT molecular complexity index is 495. The van der Waals surface area contributed by atoms with Gasteiger partial charge in [0.1, 0.15) is 5.82 Å². The summed E-state index contributed by atoms with van der Waals surface area (Å²) >= 11 is 0. The highest BCUT2D eigenvalue weighted by atomic mass is 19.1. The first-order chi connectivity index (χ1) is 8.19. The molecule has 0 aliphatic rings. The zero-order valence-electron chi connectivity index (χ0n) is 9.89. The summed E-state index contributed by atoms with van der Waals surface area (Å²) in [5, 5.41) is 11.2. The highest BCUT2D eigenvalue weighted by Gasteiger charge is 2.06. The maximum absolute atomic E-state index is 13.1. The molecule has 1 unspecified atom stereocenters. The number of rotatable bonds is 4. The van der Waals surface area contributed by atoms with Gasteiger partial charge in [-0.2, -0.15) is 0 Å². The van der Waals surface area contributed by atoms with Crippen molar-refractivity contribution in [3.8, 4) is 5.69 Å². The monoisotopic (exact) mass is 234 g/mol. The summed E-state index contributed by atoms with van der Waals surface area (Å²) in [6, 6.07) is 6.63. The van der Waals surface area contributed by atoms with E-state index in [1.54, 1.807) is 16.8 Å². The van der Waals surface area contributed by atoms with E-state index in [0.29, 0.717) is 11.7 Å². The molecule has 0 spiro atoms. The third-order valence-corrected chi connectivity index (χ3v) is 2.62. The van der Waals surface area contributed by atoms with E-state index in [0.717, 1.165) is 12.1 Å². The SMILES string of the molecule is CNC(C)Cc1cn(-c2cccc(F)c2)nn1. The van der Waals surface area contributed by atoms with Crippen LogP contribution >= 0.6 is 0 Å². The van der Waals surface area contributed by atoms with E-state index in [2.05, 4.69) is 22.6 Å². The lowest BCUT2D eigenvalue weighted by Crippen LogP contribution is -2.23. The van der Waals surface area contributed by atoms with E-state index < -0.39 is 0 Å². The molecule has 0 bridgehead atoms. The second kappa shape index (κ2) is 5.05. The van der Waals surface area contributed by atoms with Crippen LogP contribution in [0.25, 0.3) is 5.69 Å². The second-order valence-electron chi connectivity index (χ2n) is 4.03. The molecular formula is C12H15FN4. The van der Waals surface area contributed by atoms with Crippen molar-refractivity contribution in [2.24, 2.45) is 0 Å². The van der Waals surface area contributed by atoms with Crippen LogP contribution in [-0.2, 0) is 6.42 Å². The molecule has 4 nitrogen and oxygen atoms in total. The number of likely N-dealkylation sites (N-methyl/N-ethyl adjacent to an activating group) is 1. The van der Waals surface area contributed by atoms with E-state index in [9.17, 15) is 4.39 Å². The molecule has 90 valence electrons. The quantitative estimate of drug-likeness (QED) is 0.873. The Morgan fingerprint density at radius 2 is 2.29 bits per heavy atom. The highest BCUT2D eigenvalue weighted by molar-refractivity contribution is 5.30. The van der Waals surface area contributed by atoms with E-state index in [1.165, 1.54) is 12.1 Å². The topological polar surface area (TPSA) is 42.7 Å². The Balaban J connectivity index is 2.18. The average Bonchev–Trinajstić information content (AvgIpc) is 2.77. The van der Waals surface area contributed by atoms with Gasteiger partial charge in [-0.25, -0.2) is 9.07 Å². The first kappa shape index (κ1) is 11.7. The number of nitrogens with zero attached hydrogens (tertiary/aromatic N) is 3. The minimum atomic E-state index is -0.275. The highest BCUT2D eigenvalue weighted by Crippen LogP contribution is 2.09. The van der Waals surface area contributed by atoms with Gasteiger partial charge in [0.25, 0.3) is 0 Å². The Morgan fingerprint density at radius 3 is 3.00 bits per heavy atom. The van der Waals surface area contributed by atoms with Gasteiger partial charge < -0.3 is 5.32 Å². The average molecular weight is 234 g/mol. The van der Waals surface area contributed by atoms with Crippen LogP contribution in [0.3, 0.4) is 0 Å². The number of aromatic nitrogens is 3. The first-order valence-corrected chi connectivity index (χ1v) is 5.53. The van der Waals surface area contributed by atoms with E-state index in [4.69, 9.17) is 0 Å². The van der Waals surface area contributed by atoms with Crippen LogP contribution in [0.4, 0.5) is 4.39 Å². The van der Waals surface area contributed by atoms with Crippen LogP contribution in [0, 0.1) is 5.82 Å². The molecular weight excluding hydrogens is 219 g/mol. The fraction of sp³-hybridized carbons (Fsp3) is 0.333. The molecule has 0 saturated heterocycles. The van der Waals surface area contributed by atoms with Crippen molar-refractivity contribution in [3.63, 3.8) is 0 Å². The molecule has 0 aliphatic heterocycles. The molecule has 1 atom stereocenters. The Hall–Kier alpha value is -1.75. The molecule has 1 aromatic carbocycles. The summed E-state index contributed by atoms with van der Waals surface area (Å²) in [4.78, 5) is 0. The molecule has 0 amide bonds. The second-order valence-corrected chi connectivity index (χ2v) is 4.03. The summed E-state index contributed by atoms with van der Waals surface area (Å²) in [5.41, 5.74) is 1.57. The molecule has 17 heavy (non-hydrogen) atoms. The summed E-state index contributed by atoms with van der Waals surface area (Å²) in [6.45, 7) is 2.07. The molecule has 2 aromatic rings. The summed E-state index contributed by atoms with van der Waals surface area (Å²) in [7, 11) is 1.90. The molecule has 1 aromatic heterocycles. The third kappa shape index (κ3) is 2.88. The summed E-state index contributed by atoms with van der Waals surface area (Å²) in [5.74, 6) is -0.275. The lowest BCUT2D eigenvalue weighted by Gasteiger charge is -2.05. The van der Waals surface area contributed by atoms with Gasteiger partial charge in [-0.05, 0) is 32.2 Å². The van der Waals surface area contributed by atoms with Gasteiger partial charge in [-0.3, -0.25) is 0 Å². The van der Waals surface area contributed by atoms with Crippen molar-refractivity contribution < 1.29 is 4.39 Å². The number of benzene rings is 1. The fourth-order valence-corrected chi connectivity index (χ4v) is 1.55. The van der Waals surface area contributed by atoms with Crippen LogP contribution in [0.2, 0.25) is 0 Å². The van der Waals surface area contributed by atoms with Crippen molar-refractivity contribution in [1.82, 2.24) is 20.3 Å². The number of nitrogens with one attached hydrogen (secondary N) is 1. The maximum atomic E-state index is 13.1. The molecule has 1 heterocycles. The maximum Gasteiger partial charge on any atom is 0.125 e. The molecule has 0 radical (unpaired) electrons. The Labute approximate surface area is 99.5 Å². The van der Waals surface area contributed by atoms with Crippen LogP contribution in [-0.4, -0.2) is 28.1 Å². The van der Waals surface area contributed by atoms with Crippen molar-refractivity contribution in [1.29, 1.82) is 0 Å². The molecule has 1 N–H and O–H groups in total. The first-order valence-electron chi connectivity index (χ1n) is 5.53. The van der Waals surface area contributed by atoms with Gasteiger partial charge in [0.15, 0.2) is 0 Å². The minimum absolute atomic E-state index is 0.275. The van der Waals surface area contributed by atoms with Crippen LogP contribution < -0.4 is 5.32 Å². The van der Waals surface area contributed by atoms with Crippen molar-refractivity contribution in [2.45, 2.75) is 19.4 Å². The predicted molar refractivity (Wildman–Crippen MR) is 63.5 cm³/mol. The molecule has 0 saturated carbocycles. The van der Waals surface area contributed by atoms with Crippen LogP contribution in [0.5, 0.6) is 0 Å². The predicted octanol–water partition coefficient (Wildman–Crippen LogP) is 1.56.